The Balaban J connectivity index is 1.45. The van der Waals surface area contributed by atoms with Gasteiger partial charge in [0.25, 0.3) is 0 Å². The summed E-state index contributed by atoms with van der Waals surface area (Å²) < 4.78 is 13.0. The fourth-order valence-electron chi connectivity index (χ4n) is 2.66. The molecule has 7 nitrogen and oxygen atoms in total. The van der Waals surface area contributed by atoms with Gasteiger partial charge in [0.1, 0.15) is 12.4 Å². The lowest BCUT2D eigenvalue weighted by atomic mass is 10.2. The molecule has 1 aliphatic rings. The van der Waals surface area contributed by atoms with Crippen molar-refractivity contribution in [3.63, 3.8) is 0 Å². The van der Waals surface area contributed by atoms with E-state index in [0.717, 1.165) is 54.4 Å². The van der Waals surface area contributed by atoms with Gasteiger partial charge in [0.15, 0.2) is 10.8 Å². The van der Waals surface area contributed by atoms with E-state index in [1.165, 1.54) is 16.9 Å². The van der Waals surface area contributed by atoms with Crippen molar-refractivity contribution in [1.82, 2.24) is 24.7 Å². The van der Waals surface area contributed by atoms with Crippen LogP contribution in [-0.4, -0.2) is 51.0 Å². The number of aromatic nitrogens is 4. The van der Waals surface area contributed by atoms with Crippen molar-refractivity contribution in [2.45, 2.75) is 20.1 Å². The number of ether oxygens (including phenoxy) is 2. The zero-order valence-corrected chi connectivity index (χ0v) is 14.3. The Morgan fingerprint density at radius 3 is 2.96 bits per heavy atom. The highest BCUT2D eigenvalue weighted by Gasteiger charge is 2.17. The maximum absolute atomic E-state index is 5.82. The van der Waals surface area contributed by atoms with Gasteiger partial charge in [-0.25, -0.2) is 0 Å². The number of rotatable bonds is 5. The molecular weight excluding hydrogens is 326 g/mol. The van der Waals surface area contributed by atoms with Crippen LogP contribution in [0.3, 0.4) is 0 Å². The highest BCUT2D eigenvalue weighted by molar-refractivity contribution is 7.16. The van der Waals surface area contributed by atoms with Crippen LogP contribution in [0.15, 0.2) is 24.3 Å². The average Bonchev–Trinajstić information content (AvgIpc) is 3.16. The van der Waals surface area contributed by atoms with Gasteiger partial charge in [-0.05, 0) is 24.6 Å². The Kier molecular flexibility index (Phi) is 4.42. The summed E-state index contributed by atoms with van der Waals surface area (Å²) >= 11 is 1.51. The topological polar surface area (TPSA) is 64.8 Å². The summed E-state index contributed by atoms with van der Waals surface area (Å²) in [5, 5.41) is 14.0. The average molecular weight is 345 g/mol. The minimum Gasteiger partial charge on any atom is -0.486 e. The molecule has 0 saturated carbocycles. The Morgan fingerprint density at radius 1 is 1.25 bits per heavy atom. The van der Waals surface area contributed by atoms with Gasteiger partial charge in [-0.1, -0.05) is 23.5 Å². The number of hydrogen-bond acceptors (Lipinski definition) is 7. The Morgan fingerprint density at radius 2 is 2.12 bits per heavy atom. The van der Waals surface area contributed by atoms with E-state index in [2.05, 4.69) is 20.2 Å². The highest BCUT2D eigenvalue weighted by Crippen LogP contribution is 2.19. The largest absolute Gasteiger partial charge is 0.486 e. The highest BCUT2D eigenvalue weighted by atomic mass is 32.1. The van der Waals surface area contributed by atoms with Crippen LogP contribution in [0.25, 0.3) is 4.96 Å². The van der Waals surface area contributed by atoms with Crippen LogP contribution in [-0.2, 0) is 17.9 Å². The zero-order chi connectivity index (χ0) is 16.4. The molecule has 0 radical (unpaired) electrons. The number of hydrogen-bond donors (Lipinski definition) is 0. The number of aryl methyl sites for hydroxylation is 1. The van der Waals surface area contributed by atoms with Crippen molar-refractivity contribution >= 4 is 16.3 Å². The van der Waals surface area contributed by atoms with E-state index >= 15 is 0 Å². The lowest BCUT2D eigenvalue weighted by Gasteiger charge is -2.25. The molecule has 0 bridgehead atoms. The molecule has 0 aliphatic carbocycles. The lowest BCUT2D eigenvalue weighted by molar-refractivity contribution is 0.0328. The third kappa shape index (κ3) is 3.40. The maximum Gasteiger partial charge on any atom is 0.234 e. The van der Waals surface area contributed by atoms with Crippen LogP contribution in [0.5, 0.6) is 5.75 Å². The normalized spacial score (nSPS) is 15.9. The lowest BCUT2D eigenvalue weighted by Crippen LogP contribution is -2.36. The summed E-state index contributed by atoms with van der Waals surface area (Å²) in [5.41, 5.74) is 1.18. The van der Waals surface area contributed by atoms with Gasteiger partial charge in [-0.2, -0.15) is 9.61 Å². The van der Waals surface area contributed by atoms with Gasteiger partial charge in [-0.15, -0.1) is 10.2 Å². The van der Waals surface area contributed by atoms with Crippen LogP contribution in [0, 0.1) is 6.92 Å². The summed E-state index contributed by atoms with van der Waals surface area (Å²) in [6.07, 6.45) is 0. The van der Waals surface area contributed by atoms with Gasteiger partial charge >= 0.3 is 0 Å². The van der Waals surface area contributed by atoms with Crippen LogP contribution in [0.2, 0.25) is 0 Å². The van der Waals surface area contributed by atoms with Crippen molar-refractivity contribution in [3.8, 4) is 5.75 Å². The van der Waals surface area contributed by atoms with E-state index in [-0.39, 0.29) is 0 Å². The second-order valence-electron chi connectivity index (χ2n) is 5.80. The van der Waals surface area contributed by atoms with Crippen LogP contribution in [0.4, 0.5) is 0 Å². The third-order valence-electron chi connectivity index (χ3n) is 3.92. The molecule has 1 aromatic carbocycles. The molecule has 0 unspecified atom stereocenters. The predicted molar refractivity (Wildman–Crippen MR) is 90.3 cm³/mol. The molecule has 4 rings (SSSR count). The third-order valence-corrected chi connectivity index (χ3v) is 4.79. The van der Waals surface area contributed by atoms with Gasteiger partial charge in [-0.3, -0.25) is 4.90 Å². The fourth-order valence-corrected chi connectivity index (χ4v) is 3.43. The van der Waals surface area contributed by atoms with Crippen LogP contribution < -0.4 is 4.74 Å². The maximum atomic E-state index is 5.82. The van der Waals surface area contributed by atoms with E-state index in [1.807, 2.05) is 35.7 Å². The molecule has 126 valence electrons. The van der Waals surface area contributed by atoms with E-state index in [9.17, 15) is 0 Å². The number of benzene rings is 1. The predicted octanol–water partition coefficient (Wildman–Crippen LogP) is 1.91. The molecule has 24 heavy (non-hydrogen) atoms. The second-order valence-corrected chi connectivity index (χ2v) is 6.84. The SMILES string of the molecule is Cc1cccc(OCc2nn3c(CN4CCOCC4)nnc3s2)c1. The first-order valence-electron chi connectivity index (χ1n) is 7.97. The number of nitrogens with zero attached hydrogens (tertiary/aromatic N) is 5. The Labute approximate surface area is 143 Å². The van der Waals surface area contributed by atoms with Crippen molar-refractivity contribution in [2.24, 2.45) is 0 Å². The van der Waals surface area contributed by atoms with E-state index < -0.39 is 0 Å². The second kappa shape index (κ2) is 6.84. The first-order valence-corrected chi connectivity index (χ1v) is 8.79. The molecule has 2 aromatic heterocycles. The summed E-state index contributed by atoms with van der Waals surface area (Å²) in [6.45, 7) is 6.61. The van der Waals surface area contributed by atoms with E-state index in [4.69, 9.17) is 9.47 Å². The summed E-state index contributed by atoms with van der Waals surface area (Å²) in [4.78, 5) is 3.11. The summed E-state index contributed by atoms with van der Waals surface area (Å²) in [6, 6.07) is 8.01. The molecular formula is C16H19N5O2S. The molecule has 0 amide bonds. The molecule has 0 atom stereocenters. The van der Waals surface area contributed by atoms with Gasteiger partial charge in [0, 0.05) is 13.1 Å². The molecule has 1 aliphatic heterocycles. The van der Waals surface area contributed by atoms with Crippen molar-refractivity contribution < 1.29 is 9.47 Å². The molecule has 0 spiro atoms. The van der Waals surface area contributed by atoms with Crippen molar-refractivity contribution in [1.29, 1.82) is 0 Å². The Hall–Kier alpha value is -2.03. The number of morpholine rings is 1. The zero-order valence-electron chi connectivity index (χ0n) is 13.5. The molecule has 8 heteroatoms. The smallest absolute Gasteiger partial charge is 0.234 e. The van der Waals surface area contributed by atoms with Crippen LogP contribution >= 0.6 is 11.3 Å². The Bertz CT molecular complexity index is 825. The number of fused-ring (bicyclic) bond motifs is 1. The van der Waals surface area contributed by atoms with Crippen LogP contribution in [0.1, 0.15) is 16.4 Å². The van der Waals surface area contributed by atoms with Gasteiger partial charge in [0.05, 0.1) is 19.8 Å². The molecule has 3 heterocycles. The minimum atomic E-state index is 0.439. The molecule has 1 saturated heterocycles. The summed E-state index contributed by atoms with van der Waals surface area (Å²) in [5.74, 6) is 1.72. The minimum absolute atomic E-state index is 0.439. The monoisotopic (exact) mass is 345 g/mol. The van der Waals surface area contributed by atoms with E-state index in [0.29, 0.717) is 6.61 Å². The standard InChI is InChI=1S/C16H19N5O2S/c1-12-3-2-4-13(9-12)23-11-15-19-21-14(17-18-16(21)24-15)10-20-5-7-22-8-6-20/h2-4,9H,5-8,10-11H2,1H3. The van der Waals surface area contributed by atoms with Crippen molar-refractivity contribution in [2.75, 3.05) is 26.3 Å². The first kappa shape index (κ1) is 15.5. The molecule has 0 N–H and O–H groups in total. The van der Waals surface area contributed by atoms with E-state index in [1.54, 1.807) is 0 Å². The molecule has 1 fully saturated rings. The fraction of sp³-hybridized carbons (Fsp3) is 0.438. The van der Waals surface area contributed by atoms with Gasteiger partial charge in [0.2, 0.25) is 4.96 Å². The first-order chi connectivity index (χ1) is 11.8. The summed E-state index contributed by atoms with van der Waals surface area (Å²) in [7, 11) is 0. The quantitative estimate of drug-likeness (QED) is 0.704. The van der Waals surface area contributed by atoms with Crippen molar-refractivity contribution in [3.05, 3.63) is 40.7 Å². The molecule has 3 aromatic rings. The van der Waals surface area contributed by atoms with Gasteiger partial charge < -0.3 is 9.47 Å².